The van der Waals surface area contributed by atoms with Crippen LogP contribution in [0.5, 0.6) is 0 Å². The van der Waals surface area contributed by atoms with Crippen LogP contribution in [0.1, 0.15) is 10.4 Å². The summed E-state index contributed by atoms with van der Waals surface area (Å²) in [4.78, 5) is 12.0. The Morgan fingerprint density at radius 3 is 2.33 bits per heavy atom. The van der Waals surface area contributed by atoms with E-state index in [2.05, 4.69) is 37.2 Å². The molecule has 3 nitrogen and oxygen atoms in total. The largest absolute Gasteiger partial charge is 0.398 e. The van der Waals surface area contributed by atoms with Crippen LogP contribution in [0.3, 0.4) is 0 Å². The summed E-state index contributed by atoms with van der Waals surface area (Å²) in [6.45, 7) is 0. The number of carbonyl (C=O) groups is 1. The Morgan fingerprint density at radius 1 is 1.06 bits per heavy atom. The van der Waals surface area contributed by atoms with Gasteiger partial charge in [0.15, 0.2) is 0 Å². The molecule has 0 aliphatic rings. The molecular weight excluding hydrogens is 360 g/mol. The number of nitrogens with two attached hydrogens (primary N) is 1. The fraction of sp³-hybridized carbons (Fsp3) is 0. The first-order chi connectivity index (χ1) is 8.56. The lowest BCUT2D eigenvalue weighted by Gasteiger charge is -2.06. The van der Waals surface area contributed by atoms with E-state index in [4.69, 9.17) is 5.73 Å². The Labute approximate surface area is 122 Å². The van der Waals surface area contributed by atoms with Crippen molar-refractivity contribution in [1.82, 2.24) is 0 Å². The maximum absolute atomic E-state index is 12.0. The number of rotatable bonds is 2. The monoisotopic (exact) mass is 368 g/mol. The summed E-state index contributed by atoms with van der Waals surface area (Å²) in [7, 11) is 0. The second-order valence-electron chi connectivity index (χ2n) is 3.70. The maximum atomic E-state index is 12.0. The third-order valence-electron chi connectivity index (χ3n) is 2.36. The normalized spacial score (nSPS) is 10.1. The van der Waals surface area contributed by atoms with Gasteiger partial charge in [-0.2, -0.15) is 0 Å². The number of amides is 1. The van der Waals surface area contributed by atoms with Gasteiger partial charge in [-0.1, -0.05) is 15.9 Å². The summed E-state index contributed by atoms with van der Waals surface area (Å²) >= 11 is 6.63. The SMILES string of the molecule is Nc1cc(C(=O)Nc2ccc(Br)cc2)ccc1Br. The topological polar surface area (TPSA) is 55.1 Å². The second kappa shape index (κ2) is 5.54. The van der Waals surface area contributed by atoms with Crippen molar-refractivity contribution in [2.75, 3.05) is 11.1 Å². The fourth-order valence-electron chi connectivity index (χ4n) is 1.42. The minimum absolute atomic E-state index is 0.184. The molecule has 0 radical (unpaired) electrons. The Kier molecular flexibility index (Phi) is 4.04. The van der Waals surface area contributed by atoms with E-state index in [1.54, 1.807) is 18.2 Å². The molecule has 0 unspecified atom stereocenters. The third kappa shape index (κ3) is 3.11. The lowest BCUT2D eigenvalue weighted by atomic mass is 10.2. The molecule has 0 aromatic heterocycles. The molecule has 0 saturated carbocycles. The Hall–Kier alpha value is -1.33. The van der Waals surface area contributed by atoms with Crippen LogP contribution in [-0.4, -0.2) is 5.91 Å². The van der Waals surface area contributed by atoms with E-state index < -0.39 is 0 Å². The van der Waals surface area contributed by atoms with Gasteiger partial charge in [0.2, 0.25) is 0 Å². The minimum Gasteiger partial charge on any atom is -0.398 e. The van der Waals surface area contributed by atoms with Crippen LogP contribution in [0.2, 0.25) is 0 Å². The van der Waals surface area contributed by atoms with Crippen molar-refractivity contribution in [3.8, 4) is 0 Å². The molecule has 0 heterocycles. The van der Waals surface area contributed by atoms with Gasteiger partial charge in [-0.05, 0) is 58.4 Å². The first-order valence-corrected chi connectivity index (χ1v) is 6.77. The van der Waals surface area contributed by atoms with Crippen molar-refractivity contribution >= 4 is 49.1 Å². The molecule has 3 N–H and O–H groups in total. The smallest absolute Gasteiger partial charge is 0.255 e. The predicted molar refractivity (Wildman–Crippen MR) is 80.6 cm³/mol. The molecule has 0 fully saturated rings. The highest BCUT2D eigenvalue weighted by Crippen LogP contribution is 2.21. The number of nitrogen functional groups attached to an aromatic ring is 1. The molecule has 5 heteroatoms. The zero-order valence-electron chi connectivity index (χ0n) is 9.28. The molecule has 2 rings (SSSR count). The third-order valence-corrected chi connectivity index (χ3v) is 3.61. The van der Waals surface area contributed by atoms with Gasteiger partial charge in [-0.15, -0.1) is 0 Å². The lowest BCUT2D eigenvalue weighted by Crippen LogP contribution is -2.12. The molecule has 0 aliphatic heterocycles. The minimum atomic E-state index is -0.184. The quantitative estimate of drug-likeness (QED) is 0.784. The van der Waals surface area contributed by atoms with E-state index in [0.29, 0.717) is 11.3 Å². The van der Waals surface area contributed by atoms with Crippen LogP contribution < -0.4 is 11.1 Å². The summed E-state index contributed by atoms with van der Waals surface area (Å²) in [5.74, 6) is -0.184. The molecule has 2 aromatic carbocycles. The van der Waals surface area contributed by atoms with Gasteiger partial charge in [0.25, 0.3) is 5.91 Å². The van der Waals surface area contributed by atoms with Crippen LogP contribution >= 0.6 is 31.9 Å². The first kappa shape index (κ1) is 13.1. The molecule has 0 bridgehead atoms. The molecule has 0 saturated heterocycles. The molecule has 0 aliphatic carbocycles. The predicted octanol–water partition coefficient (Wildman–Crippen LogP) is 4.05. The molecular formula is C13H10Br2N2O. The van der Waals surface area contributed by atoms with Crippen molar-refractivity contribution in [3.63, 3.8) is 0 Å². The van der Waals surface area contributed by atoms with E-state index >= 15 is 0 Å². The average Bonchev–Trinajstić information content (AvgIpc) is 2.35. The van der Waals surface area contributed by atoms with Crippen molar-refractivity contribution in [2.24, 2.45) is 0 Å². The molecule has 18 heavy (non-hydrogen) atoms. The summed E-state index contributed by atoms with van der Waals surface area (Å²) < 4.78 is 1.75. The van der Waals surface area contributed by atoms with Crippen molar-refractivity contribution in [2.45, 2.75) is 0 Å². The first-order valence-electron chi connectivity index (χ1n) is 5.18. The van der Waals surface area contributed by atoms with Crippen molar-refractivity contribution < 1.29 is 4.79 Å². The van der Waals surface area contributed by atoms with Gasteiger partial charge in [-0.3, -0.25) is 4.79 Å². The highest BCUT2D eigenvalue weighted by molar-refractivity contribution is 9.10. The van der Waals surface area contributed by atoms with Crippen LogP contribution in [-0.2, 0) is 0 Å². The van der Waals surface area contributed by atoms with E-state index in [1.807, 2.05) is 24.3 Å². The van der Waals surface area contributed by atoms with Crippen LogP contribution in [0.4, 0.5) is 11.4 Å². The highest BCUT2D eigenvalue weighted by atomic mass is 79.9. The van der Waals surface area contributed by atoms with Crippen LogP contribution in [0.15, 0.2) is 51.4 Å². The van der Waals surface area contributed by atoms with Crippen LogP contribution in [0, 0.1) is 0 Å². The molecule has 1 amide bonds. The molecule has 0 atom stereocenters. The Bertz CT molecular complexity index is 582. The number of halogens is 2. The number of carbonyl (C=O) groups excluding carboxylic acids is 1. The molecule has 2 aromatic rings. The van der Waals surface area contributed by atoms with Gasteiger partial charge in [0.1, 0.15) is 0 Å². The van der Waals surface area contributed by atoms with Crippen molar-refractivity contribution in [1.29, 1.82) is 0 Å². The summed E-state index contributed by atoms with van der Waals surface area (Å²) in [5.41, 5.74) is 7.55. The second-order valence-corrected chi connectivity index (χ2v) is 5.47. The lowest BCUT2D eigenvalue weighted by molar-refractivity contribution is 0.102. The zero-order valence-corrected chi connectivity index (χ0v) is 12.5. The number of hydrogen-bond acceptors (Lipinski definition) is 2. The fourth-order valence-corrected chi connectivity index (χ4v) is 1.93. The summed E-state index contributed by atoms with van der Waals surface area (Å²) in [6.07, 6.45) is 0. The summed E-state index contributed by atoms with van der Waals surface area (Å²) in [6, 6.07) is 12.5. The molecule has 0 spiro atoms. The highest BCUT2D eigenvalue weighted by Gasteiger charge is 2.07. The van der Waals surface area contributed by atoms with E-state index in [-0.39, 0.29) is 5.91 Å². The van der Waals surface area contributed by atoms with Gasteiger partial charge in [-0.25, -0.2) is 0 Å². The standard InChI is InChI=1S/C13H10Br2N2O/c14-9-2-4-10(5-3-9)17-13(18)8-1-6-11(15)12(16)7-8/h1-7H,16H2,(H,17,18). The number of hydrogen-bond donors (Lipinski definition) is 2. The zero-order chi connectivity index (χ0) is 13.1. The maximum Gasteiger partial charge on any atom is 0.255 e. The number of benzene rings is 2. The van der Waals surface area contributed by atoms with E-state index in [9.17, 15) is 4.79 Å². The summed E-state index contributed by atoms with van der Waals surface area (Å²) in [5, 5.41) is 2.80. The van der Waals surface area contributed by atoms with Crippen LogP contribution in [0.25, 0.3) is 0 Å². The van der Waals surface area contributed by atoms with Gasteiger partial charge in [0, 0.05) is 25.9 Å². The van der Waals surface area contributed by atoms with E-state index in [1.165, 1.54) is 0 Å². The number of anilines is 2. The average molecular weight is 370 g/mol. The molecule has 92 valence electrons. The van der Waals surface area contributed by atoms with Gasteiger partial charge < -0.3 is 11.1 Å². The Balaban J connectivity index is 2.16. The van der Waals surface area contributed by atoms with Crippen molar-refractivity contribution in [3.05, 3.63) is 57.0 Å². The van der Waals surface area contributed by atoms with Gasteiger partial charge in [0.05, 0.1) is 0 Å². The van der Waals surface area contributed by atoms with Gasteiger partial charge >= 0.3 is 0 Å². The Morgan fingerprint density at radius 2 is 1.72 bits per heavy atom. The number of nitrogens with one attached hydrogen (secondary N) is 1. The van der Waals surface area contributed by atoms with E-state index in [0.717, 1.165) is 14.6 Å².